The number of fused-ring (bicyclic) bond motifs is 1. The average molecular weight is 463 g/mol. The molecule has 5 rings (SSSR count). The molecule has 3 aliphatic rings. The molecule has 2 aliphatic heterocycles. The number of nitrogens with zero attached hydrogens (tertiary/aromatic N) is 4. The molecule has 1 amide bonds. The highest BCUT2D eigenvalue weighted by molar-refractivity contribution is 7.15. The summed E-state index contributed by atoms with van der Waals surface area (Å²) in [6.45, 7) is 5.31. The molecular weight excluding hydrogens is 434 g/mol. The van der Waals surface area contributed by atoms with E-state index in [1.807, 2.05) is 4.90 Å². The van der Waals surface area contributed by atoms with Crippen LogP contribution in [0.1, 0.15) is 29.8 Å². The number of halogens is 2. The second kappa shape index (κ2) is 9.03. The van der Waals surface area contributed by atoms with Gasteiger partial charge in [-0.1, -0.05) is 6.42 Å². The summed E-state index contributed by atoms with van der Waals surface area (Å²) in [6.07, 6.45) is 4.64. The Morgan fingerprint density at radius 2 is 1.94 bits per heavy atom. The topological polar surface area (TPSA) is 48.9 Å². The van der Waals surface area contributed by atoms with Gasteiger partial charge in [-0.15, -0.1) is 11.3 Å². The highest BCUT2D eigenvalue weighted by Gasteiger charge is 2.30. The Balaban J connectivity index is 1.21. The van der Waals surface area contributed by atoms with Gasteiger partial charge >= 0.3 is 0 Å². The molecule has 2 fully saturated rings. The molecule has 0 spiro atoms. The number of amides is 1. The van der Waals surface area contributed by atoms with Gasteiger partial charge in [0.15, 0.2) is 11.6 Å². The van der Waals surface area contributed by atoms with E-state index in [4.69, 9.17) is 4.74 Å². The Morgan fingerprint density at radius 1 is 1.16 bits per heavy atom. The van der Waals surface area contributed by atoms with Gasteiger partial charge in [0.1, 0.15) is 10.8 Å². The molecule has 0 N–H and O–H groups in total. The zero-order valence-electron chi connectivity index (χ0n) is 18.3. The van der Waals surface area contributed by atoms with Crippen molar-refractivity contribution >= 4 is 17.2 Å². The van der Waals surface area contributed by atoms with E-state index in [1.165, 1.54) is 37.7 Å². The minimum absolute atomic E-state index is 0.120. The molecule has 0 bridgehead atoms. The van der Waals surface area contributed by atoms with E-state index in [-0.39, 0.29) is 17.2 Å². The number of benzene rings is 1. The van der Waals surface area contributed by atoms with Crippen molar-refractivity contribution in [3.63, 3.8) is 0 Å². The van der Waals surface area contributed by atoms with Crippen LogP contribution in [0.5, 0.6) is 5.75 Å². The number of rotatable bonds is 5. The molecule has 1 aromatic heterocycles. The number of piperazine rings is 1. The van der Waals surface area contributed by atoms with Gasteiger partial charge in [-0.2, -0.15) is 0 Å². The van der Waals surface area contributed by atoms with Crippen LogP contribution in [-0.2, 0) is 17.8 Å². The van der Waals surface area contributed by atoms with Gasteiger partial charge < -0.3 is 9.64 Å². The lowest BCUT2D eigenvalue weighted by Gasteiger charge is -2.43. The lowest BCUT2D eigenvalue weighted by Crippen LogP contribution is -2.55. The molecule has 0 atom stereocenters. The first-order chi connectivity index (χ1) is 15.5. The van der Waals surface area contributed by atoms with Crippen LogP contribution in [0.2, 0.25) is 0 Å². The highest BCUT2D eigenvalue weighted by atomic mass is 32.1. The molecule has 0 radical (unpaired) electrons. The molecule has 0 unspecified atom stereocenters. The summed E-state index contributed by atoms with van der Waals surface area (Å²) < 4.78 is 33.4. The van der Waals surface area contributed by atoms with E-state index in [0.717, 1.165) is 61.5 Å². The van der Waals surface area contributed by atoms with Crippen molar-refractivity contribution in [2.24, 2.45) is 0 Å². The van der Waals surface area contributed by atoms with Crippen LogP contribution in [0.15, 0.2) is 12.1 Å². The van der Waals surface area contributed by atoms with Crippen molar-refractivity contribution in [2.75, 3.05) is 46.4 Å². The monoisotopic (exact) mass is 462 g/mol. The van der Waals surface area contributed by atoms with Crippen LogP contribution >= 0.6 is 11.3 Å². The Labute approximate surface area is 190 Å². The number of methoxy groups -OCH3 is 1. The predicted octanol–water partition coefficient (Wildman–Crippen LogP) is 3.15. The fraction of sp³-hybridized carbons (Fsp3) is 0.565. The minimum atomic E-state index is -0.610. The normalized spacial score (nSPS) is 20.2. The second-order valence-electron chi connectivity index (χ2n) is 8.82. The molecule has 1 aromatic carbocycles. The fourth-order valence-electron chi connectivity index (χ4n) is 4.73. The molecule has 2 aromatic rings. The largest absolute Gasteiger partial charge is 0.494 e. The van der Waals surface area contributed by atoms with Gasteiger partial charge in [0, 0.05) is 68.2 Å². The maximum Gasteiger partial charge on any atom is 0.236 e. The third-order valence-corrected chi connectivity index (χ3v) is 8.01. The molecule has 32 heavy (non-hydrogen) atoms. The number of hydrogen-bond donors (Lipinski definition) is 0. The van der Waals surface area contributed by atoms with Gasteiger partial charge in [0.2, 0.25) is 5.91 Å². The summed E-state index contributed by atoms with van der Waals surface area (Å²) in [5, 5.41) is 0.467. The zero-order chi connectivity index (χ0) is 22.2. The highest BCUT2D eigenvalue weighted by Crippen LogP contribution is 2.35. The van der Waals surface area contributed by atoms with E-state index < -0.39 is 11.6 Å². The lowest BCUT2D eigenvalue weighted by atomic mass is 9.91. The minimum Gasteiger partial charge on any atom is -0.494 e. The Kier molecular flexibility index (Phi) is 6.14. The first-order valence-corrected chi connectivity index (χ1v) is 12.1. The van der Waals surface area contributed by atoms with Gasteiger partial charge in [0.25, 0.3) is 0 Å². The van der Waals surface area contributed by atoms with Gasteiger partial charge in [-0.05, 0) is 18.9 Å². The van der Waals surface area contributed by atoms with Gasteiger partial charge in [-0.25, -0.2) is 13.8 Å². The maximum absolute atomic E-state index is 14.5. The summed E-state index contributed by atoms with van der Waals surface area (Å²) in [7, 11) is 1.31. The van der Waals surface area contributed by atoms with Crippen molar-refractivity contribution in [1.29, 1.82) is 0 Å². The van der Waals surface area contributed by atoms with Crippen LogP contribution in [0.25, 0.3) is 10.6 Å². The summed E-state index contributed by atoms with van der Waals surface area (Å²) in [5.74, 6) is -1.11. The second-order valence-corrected chi connectivity index (χ2v) is 9.90. The smallest absolute Gasteiger partial charge is 0.236 e. The molecule has 1 saturated carbocycles. The molecule has 172 valence electrons. The van der Waals surface area contributed by atoms with E-state index in [1.54, 1.807) is 0 Å². The van der Waals surface area contributed by atoms with E-state index in [9.17, 15) is 13.6 Å². The first-order valence-electron chi connectivity index (χ1n) is 11.3. The number of carbonyl (C=O) groups excluding carboxylic acids is 1. The zero-order valence-corrected chi connectivity index (χ0v) is 19.1. The Morgan fingerprint density at radius 3 is 2.62 bits per heavy atom. The van der Waals surface area contributed by atoms with Gasteiger partial charge in [-0.3, -0.25) is 14.6 Å². The number of thiazole rings is 1. The average Bonchev–Trinajstić information content (AvgIpc) is 3.17. The third-order valence-electron chi connectivity index (χ3n) is 6.90. The number of hydrogen-bond acceptors (Lipinski definition) is 6. The van der Waals surface area contributed by atoms with Crippen LogP contribution < -0.4 is 4.74 Å². The van der Waals surface area contributed by atoms with Crippen LogP contribution in [0, 0.1) is 11.6 Å². The fourth-order valence-corrected chi connectivity index (χ4v) is 5.90. The van der Waals surface area contributed by atoms with Crippen molar-refractivity contribution < 1.29 is 18.3 Å². The van der Waals surface area contributed by atoms with Crippen LogP contribution in [-0.4, -0.2) is 78.0 Å². The summed E-state index contributed by atoms with van der Waals surface area (Å²) >= 11 is 1.37. The quantitative estimate of drug-likeness (QED) is 0.683. The Hall–Kier alpha value is -2.10. The van der Waals surface area contributed by atoms with E-state index in [2.05, 4.69) is 14.8 Å². The molecule has 6 nitrogen and oxygen atoms in total. The van der Waals surface area contributed by atoms with Gasteiger partial charge in [0.05, 0.1) is 19.3 Å². The first kappa shape index (κ1) is 21.7. The van der Waals surface area contributed by atoms with Crippen molar-refractivity contribution in [1.82, 2.24) is 19.7 Å². The van der Waals surface area contributed by atoms with Crippen LogP contribution in [0.4, 0.5) is 8.78 Å². The molecule has 9 heteroatoms. The summed E-state index contributed by atoms with van der Waals surface area (Å²) in [4.78, 5) is 25.1. The molecular formula is C23H28F2N4O2S. The van der Waals surface area contributed by atoms with E-state index >= 15 is 0 Å². The summed E-state index contributed by atoms with van der Waals surface area (Å²) in [6, 6.07) is 2.93. The SMILES string of the molecule is COc1cc(F)c(-c2nc3c(s2)CN(CC(=O)N2CCN(C4CCC4)CC2)CC3)cc1F. The number of aromatic nitrogens is 1. The molecule has 1 aliphatic carbocycles. The molecule has 1 saturated heterocycles. The predicted molar refractivity (Wildman–Crippen MR) is 119 cm³/mol. The lowest BCUT2D eigenvalue weighted by molar-refractivity contribution is -0.135. The third kappa shape index (κ3) is 4.25. The van der Waals surface area contributed by atoms with Crippen molar-refractivity contribution in [2.45, 2.75) is 38.3 Å². The number of ether oxygens (including phenoxy) is 1. The molecule has 3 heterocycles. The van der Waals surface area contributed by atoms with Crippen molar-refractivity contribution in [3.05, 3.63) is 34.3 Å². The van der Waals surface area contributed by atoms with Crippen LogP contribution in [0.3, 0.4) is 0 Å². The maximum atomic E-state index is 14.5. The standard InChI is InChI=1S/C23H28F2N4O2S/c1-31-20-12-17(24)16(11-18(20)25)23-26-19-5-6-27(13-21(19)32-23)14-22(30)29-9-7-28(8-10-29)15-3-2-4-15/h11-12,15H,2-10,13-14H2,1H3. The van der Waals surface area contributed by atoms with E-state index in [0.29, 0.717) is 24.5 Å². The Bertz CT molecular complexity index is 1000. The van der Waals surface area contributed by atoms with Crippen molar-refractivity contribution in [3.8, 4) is 16.3 Å². The summed E-state index contributed by atoms with van der Waals surface area (Å²) in [5.41, 5.74) is 1.06. The number of carbonyl (C=O) groups is 1.